The molecule has 14 heavy (non-hydrogen) atoms. The van der Waals surface area contributed by atoms with E-state index in [1.165, 1.54) is 19.3 Å². The van der Waals surface area contributed by atoms with Gasteiger partial charge in [0.05, 0.1) is 6.54 Å². The van der Waals surface area contributed by atoms with Crippen molar-refractivity contribution in [2.24, 2.45) is 5.41 Å². The highest BCUT2D eigenvalue weighted by atomic mass is 16.4. The van der Waals surface area contributed by atoms with Crippen molar-refractivity contribution in [3.63, 3.8) is 0 Å². The molecule has 1 saturated heterocycles. The van der Waals surface area contributed by atoms with Crippen LogP contribution in [0.15, 0.2) is 0 Å². The van der Waals surface area contributed by atoms with Gasteiger partial charge in [-0.25, -0.2) is 0 Å². The number of carboxylic acid groups (broad SMARTS) is 1. The standard InChI is InChI=1S/C11H21NO2/c1-3-11(4-2)6-5-7-12(9-11)8-10(13)14/h3-9H2,1-2H3,(H,13,14). The minimum absolute atomic E-state index is 0.210. The van der Waals surface area contributed by atoms with E-state index in [1.807, 2.05) is 0 Å². The van der Waals surface area contributed by atoms with Crippen LogP contribution >= 0.6 is 0 Å². The van der Waals surface area contributed by atoms with Gasteiger partial charge >= 0.3 is 5.97 Å². The second-order valence-electron chi connectivity index (χ2n) is 4.42. The third kappa shape index (κ3) is 2.71. The minimum atomic E-state index is -0.701. The van der Waals surface area contributed by atoms with E-state index in [-0.39, 0.29) is 6.54 Å². The van der Waals surface area contributed by atoms with Gasteiger partial charge in [0.15, 0.2) is 0 Å². The maximum absolute atomic E-state index is 10.6. The summed E-state index contributed by atoms with van der Waals surface area (Å²) in [5.41, 5.74) is 0.383. The summed E-state index contributed by atoms with van der Waals surface area (Å²) in [5, 5.41) is 8.74. The van der Waals surface area contributed by atoms with E-state index < -0.39 is 5.97 Å². The first kappa shape index (κ1) is 11.5. The van der Waals surface area contributed by atoms with E-state index in [4.69, 9.17) is 5.11 Å². The van der Waals surface area contributed by atoms with E-state index in [0.29, 0.717) is 5.41 Å². The molecule has 1 aliphatic heterocycles. The van der Waals surface area contributed by atoms with Gasteiger partial charge in [0.2, 0.25) is 0 Å². The van der Waals surface area contributed by atoms with E-state index in [2.05, 4.69) is 18.7 Å². The summed E-state index contributed by atoms with van der Waals surface area (Å²) < 4.78 is 0. The summed E-state index contributed by atoms with van der Waals surface area (Å²) in [4.78, 5) is 12.7. The van der Waals surface area contributed by atoms with Crippen molar-refractivity contribution in [2.45, 2.75) is 39.5 Å². The molecule has 0 unspecified atom stereocenters. The number of piperidine rings is 1. The molecule has 1 fully saturated rings. The number of carboxylic acids is 1. The van der Waals surface area contributed by atoms with Gasteiger partial charge in [0.1, 0.15) is 0 Å². The van der Waals surface area contributed by atoms with Gasteiger partial charge in [-0.05, 0) is 37.6 Å². The molecule has 0 aromatic carbocycles. The van der Waals surface area contributed by atoms with Gasteiger partial charge in [-0.3, -0.25) is 9.69 Å². The predicted octanol–water partition coefficient (Wildman–Crippen LogP) is 1.97. The van der Waals surface area contributed by atoms with Gasteiger partial charge in [-0.1, -0.05) is 13.8 Å². The van der Waals surface area contributed by atoms with E-state index in [9.17, 15) is 4.79 Å². The number of rotatable bonds is 4. The number of likely N-dealkylation sites (tertiary alicyclic amines) is 1. The van der Waals surface area contributed by atoms with Crippen molar-refractivity contribution in [2.75, 3.05) is 19.6 Å². The van der Waals surface area contributed by atoms with E-state index in [1.54, 1.807) is 0 Å². The fourth-order valence-electron chi connectivity index (χ4n) is 2.46. The monoisotopic (exact) mass is 199 g/mol. The van der Waals surface area contributed by atoms with Gasteiger partial charge in [-0.2, -0.15) is 0 Å². The van der Waals surface area contributed by atoms with Crippen molar-refractivity contribution in [3.8, 4) is 0 Å². The van der Waals surface area contributed by atoms with Gasteiger partial charge in [0, 0.05) is 6.54 Å². The first-order chi connectivity index (χ1) is 6.62. The largest absolute Gasteiger partial charge is 0.480 e. The Balaban J connectivity index is 2.53. The lowest BCUT2D eigenvalue weighted by Crippen LogP contribution is -2.44. The average Bonchev–Trinajstić information content (AvgIpc) is 2.17. The Hall–Kier alpha value is -0.570. The molecule has 3 nitrogen and oxygen atoms in total. The Bertz CT molecular complexity index is 199. The molecule has 0 bridgehead atoms. The fraction of sp³-hybridized carbons (Fsp3) is 0.909. The lowest BCUT2D eigenvalue weighted by Gasteiger charge is -2.41. The SMILES string of the molecule is CCC1(CC)CCCN(CC(=O)O)C1. The first-order valence-corrected chi connectivity index (χ1v) is 5.56. The van der Waals surface area contributed by atoms with Crippen LogP contribution < -0.4 is 0 Å². The highest BCUT2D eigenvalue weighted by molar-refractivity contribution is 5.69. The molecule has 1 N–H and O–H groups in total. The van der Waals surface area contributed by atoms with Crippen molar-refractivity contribution >= 4 is 5.97 Å². The Morgan fingerprint density at radius 2 is 2.07 bits per heavy atom. The van der Waals surface area contributed by atoms with Crippen LogP contribution in [-0.4, -0.2) is 35.6 Å². The molecule has 0 aromatic heterocycles. The van der Waals surface area contributed by atoms with Crippen molar-refractivity contribution in [1.29, 1.82) is 0 Å². The van der Waals surface area contributed by atoms with Crippen molar-refractivity contribution in [3.05, 3.63) is 0 Å². The zero-order valence-electron chi connectivity index (χ0n) is 9.25. The molecule has 1 aliphatic rings. The van der Waals surface area contributed by atoms with Crippen LogP contribution in [0.4, 0.5) is 0 Å². The lowest BCUT2D eigenvalue weighted by atomic mass is 9.75. The maximum atomic E-state index is 10.6. The highest BCUT2D eigenvalue weighted by Gasteiger charge is 2.32. The van der Waals surface area contributed by atoms with Crippen LogP contribution in [-0.2, 0) is 4.79 Å². The van der Waals surface area contributed by atoms with Crippen molar-refractivity contribution < 1.29 is 9.90 Å². The van der Waals surface area contributed by atoms with Crippen LogP contribution in [0, 0.1) is 5.41 Å². The third-order valence-corrected chi connectivity index (χ3v) is 3.60. The molecule has 3 heteroatoms. The summed E-state index contributed by atoms with van der Waals surface area (Å²) in [6, 6.07) is 0. The number of hydrogen-bond donors (Lipinski definition) is 1. The van der Waals surface area contributed by atoms with Crippen LogP contribution in [0.1, 0.15) is 39.5 Å². The molecule has 0 atom stereocenters. The van der Waals surface area contributed by atoms with Gasteiger partial charge < -0.3 is 5.11 Å². The Morgan fingerprint density at radius 1 is 1.43 bits per heavy atom. The summed E-state index contributed by atoms with van der Waals surface area (Å²) in [7, 11) is 0. The predicted molar refractivity (Wildman–Crippen MR) is 56.3 cm³/mol. The van der Waals surface area contributed by atoms with E-state index >= 15 is 0 Å². The lowest BCUT2D eigenvalue weighted by molar-refractivity contribution is -0.139. The quantitative estimate of drug-likeness (QED) is 0.752. The second-order valence-corrected chi connectivity index (χ2v) is 4.42. The van der Waals surface area contributed by atoms with Gasteiger partial charge in [-0.15, -0.1) is 0 Å². The topological polar surface area (TPSA) is 40.5 Å². The average molecular weight is 199 g/mol. The van der Waals surface area contributed by atoms with Crippen LogP contribution in [0.5, 0.6) is 0 Å². The molecule has 1 heterocycles. The number of hydrogen-bond acceptors (Lipinski definition) is 2. The Kier molecular flexibility index (Phi) is 3.93. The Morgan fingerprint density at radius 3 is 2.57 bits per heavy atom. The number of nitrogens with zero attached hydrogens (tertiary/aromatic N) is 1. The molecule has 0 spiro atoms. The normalized spacial score (nSPS) is 22.1. The van der Waals surface area contributed by atoms with E-state index in [0.717, 1.165) is 19.5 Å². The molecular weight excluding hydrogens is 178 g/mol. The summed E-state index contributed by atoms with van der Waals surface area (Å²) in [5.74, 6) is -0.701. The first-order valence-electron chi connectivity index (χ1n) is 5.56. The molecular formula is C11H21NO2. The fourth-order valence-corrected chi connectivity index (χ4v) is 2.46. The Labute approximate surface area is 86.1 Å². The zero-order valence-corrected chi connectivity index (χ0v) is 9.25. The summed E-state index contributed by atoms with van der Waals surface area (Å²) >= 11 is 0. The molecule has 0 aliphatic carbocycles. The van der Waals surface area contributed by atoms with Gasteiger partial charge in [0.25, 0.3) is 0 Å². The minimum Gasteiger partial charge on any atom is -0.480 e. The smallest absolute Gasteiger partial charge is 0.317 e. The van der Waals surface area contributed by atoms with Crippen molar-refractivity contribution in [1.82, 2.24) is 4.90 Å². The number of aliphatic carboxylic acids is 1. The highest BCUT2D eigenvalue weighted by Crippen LogP contribution is 2.36. The van der Waals surface area contributed by atoms with Crippen LogP contribution in [0.25, 0.3) is 0 Å². The maximum Gasteiger partial charge on any atom is 0.317 e. The zero-order chi connectivity index (χ0) is 10.6. The summed E-state index contributed by atoms with van der Waals surface area (Å²) in [6.45, 7) is 6.56. The molecule has 0 saturated carbocycles. The molecule has 0 amide bonds. The van der Waals surface area contributed by atoms with Crippen LogP contribution in [0.3, 0.4) is 0 Å². The number of carbonyl (C=O) groups is 1. The van der Waals surface area contributed by atoms with Crippen LogP contribution in [0.2, 0.25) is 0 Å². The molecule has 0 radical (unpaired) electrons. The second kappa shape index (κ2) is 4.78. The molecule has 1 rings (SSSR count). The molecule has 82 valence electrons. The third-order valence-electron chi connectivity index (χ3n) is 3.60. The summed E-state index contributed by atoms with van der Waals surface area (Å²) in [6.07, 6.45) is 4.74. The molecule has 0 aromatic rings.